The molecule has 0 aliphatic heterocycles. The number of nitrogens with one attached hydrogen (secondary N) is 2. The van der Waals surface area contributed by atoms with Gasteiger partial charge in [-0.2, -0.15) is 0 Å². The van der Waals surface area contributed by atoms with Gasteiger partial charge in [0.05, 0.1) is 12.8 Å². The highest BCUT2D eigenvalue weighted by molar-refractivity contribution is 5.93. The first-order valence-corrected chi connectivity index (χ1v) is 8.08. The summed E-state index contributed by atoms with van der Waals surface area (Å²) in [5.74, 6) is 1.44. The largest absolute Gasteiger partial charge is 0.495 e. The molecule has 0 bridgehead atoms. The van der Waals surface area contributed by atoms with Crippen LogP contribution in [0, 0.1) is 6.92 Å². The van der Waals surface area contributed by atoms with E-state index in [1.165, 1.54) is 0 Å². The molecule has 3 aromatic rings. The Morgan fingerprint density at radius 3 is 2.65 bits per heavy atom. The molecule has 0 fully saturated rings. The molecule has 0 radical (unpaired) electrons. The number of nitrogens with zero attached hydrogens (tertiary/aromatic N) is 3. The van der Waals surface area contributed by atoms with E-state index in [9.17, 15) is 4.79 Å². The van der Waals surface area contributed by atoms with Crippen LogP contribution in [0.5, 0.6) is 5.75 Å². The number of ether oxygens (including phenoxy) is 1. The number of pyridine rings is 1. The van der Waals surface area contributed by atoms with Crippen LogP contribution in [0.2, 0.25) is 0 Å². The van der Waals surface area contributed by atoms with Gasteiger partial charge in [0.1, 0.15) is 23.1 Å². The van der Waals surface area contributed by atoms with Crippen molar-refractivity contribution in [3.8, 4) is 5.75 Å². The summed E-state index contributed by atoms with van der Waals surface area (Å²) in [6, 6.07) is 12.8. The number of rotatable bonds is 6. The SMILES string of the molecule is COc1ccccc1Nc1cc(C(=O)NCc2ccncc2)nc(C)n1. The average molecular weight is 349 g/mol. The van der Waals surface area contributed by atoms with Crippen LogP contribution in [0.25, 0.3) is 0 Å². The van der Waals surface area contributed by atoms with Crippen LogP contribution in [0.3, 0.4) is 0 Å². The molecule has 0 spiro atoms. The first-order chi connectivity index (χ1) is 12.7. The molecule has 0 saturated heterocycles. The van der Waals surface area contributed by atoms with Crippen LogP contribution in [0.1, 0.15) is 21.9 Å². The molecule has 3 rings (SSSR count). The summed E-state index contributed by atoms with van der Waals surface area (Å²) in [6.07, 6.45) is 3.37. The molecule has 2 aromatic heterocycles. The number of methoxy groups -OCH3 is 1. The summed E-state index contributed by atoms with van der Waals surface area (Å²) >= 11 is 0. The molecule has 7 heteroatoms. The molecule has 0 aliphatic rings. The molecule has 7 nitrogen and oxygen atoms in total. The van der Waals surface area contributed by atoms with Crippen LogP contribution >= 0.6 is 0 Å². The normalized spacial score (nSPS) is 10.2. The number of para-hydroxylation sites is 2. The lowest BCUT2D eigenvalue weighted by Gasteiger charge is -2.12. The summed E-state index contributed by atoms with van der Waals surface area (Å²) in [5.41, 5.74) is 2.02. The monoisotopic (exact) mass is 349 g/mol. The number of carbonyl (C=O) groups excluding carboxylic acids is 1. The van der Waals surface area contributed by atoms with Crippen molar-refractivity contribution < 1.29 is 9.53 Å². The summed E-state index contributed by atoms with van der Waals surface area (Å²) in [5, 5.41) is 6.02. The maximum Gasteiger partial charge on any atom is 0.270 e. The van der Waals surface area contributed by atoms with Gasteiger partial charge in [0.2, 0.25) is 0 Å². The van der Waals surface area contributed by atoms with Gasteiger partial charge in [0, 0.05) is 25.0 Å². The highest BCUT2D eigenvalue weighted by atomic mass is 16.5. The van der Waals surface area contributed by atoms with E-state index in [4.69, 9.17) is 4.74 Å². The van der Waals surface area contributed by atoms with Crippen LogP contribution < -0.4 is 15.4 Å². The Morgan fingerprint density at radius 2 is 1.88 bits per heavy atom. The number of carbonyl (C=O) groups is 1. The number of hydrogen-bond donors (Lipinski definition) is 2. The van der Waals surface area contributed by atoms with Gasteiger partial charge in [0.25, 0.3) is 5.91 Å². The number of hydrogen-bond acceptors (Lipinski definition) is 6. The van der Waals surface area contributed by atoms with Crippen LogP contribution in [0.15, 0.2) is 54.9 Å². The van der Waals surface area contributed by atoms with Crippen molar-refractivity contribution in [1.82, 2.24) is 20.3 Å². The zero-order valence-corrected chi connectivity index (χ0v) is 14.6. The van der Waals surface area contributed by atoms with Gasteiger partial charge < -0.3 is 15.4 Å². The smallest absolute Gasteiger partial charge is 0.270 e. The first kappa shape index (κ1) is 17.3. The second-order valence-electron chi connectivity index (χ2n) is 5.55. The Labute approximate surface area is 151 Å². The molecule has 0 atom stereocenters. The van der Waals surface area contributed by atoms with E-state index in [1.54, 1.807) is 32.5 Å². The predicted molar refractivity (Wildman–Crippen MR) is 98.5 cm³/mol. The molecule has 132 valence electrons. The lowest BCUT2D eigenvalue weighted by Crippen LogP contribution is -2.24. The van der Waals surface area contributed by atoms with Crippen molar-refractivity contribution in [2.45, 2.75) is 13.5 Å². The molecule has 1 amide bonds. The van der Waals surface area contributed by atoms with E-state index in [1.807, 2.05) is 36.4 Å². The highest BCUT2D eigenvalue weighted by Gasteiger charge is 2.11. The Morgan fingerprint density at radius 1 is 1.12 bits per heavy atom. The molecule has 0 aliphatic carbocycles. The quantitative estimate of drug-likeness (QED) is 0.711. The number of anilines is 2. The third-order valence-electron chi connectivity index (χ3n) is 3.64. The van der Waals surface area contributed by atoms with Gasteiger partial charge in [-0.05, 0) is 36.8 Å². The summed E-state index contributed by atoms with van der Waals surface area (Å²) in [4.78, 5) is 24.9. The number of amides is 1. The fraction of sp³-hybridized carbons (Fsp3) is 0.158. The van der Waals surface area contributed by atoms with E-state index >= 15 is 0 Å². The van der Waals surface area contributed by atoms with E-state index in [-0.39, 0.29) is 5.91 Å². The number of benzene rings is 1. The molecule has 2 N–H and O–H groups in total. The Kier molecular flexibility index (Phi) is 5.38. The summed E-state index contributed by atoms with van der Waals surface area (Å²) in [7, 11) is 1.60. The molecule has 2 heterocycles. The van der Waals surface area contributed by atoms with Crippen LogP contribution in [-0.2, 0) is 6.54 Å². The van der Waals surface area contributed by atoms with Crippen molar-refractivity contribution in [2.24, 2.45) is 0 Å². The van der Waals surface area contributed by atoms with Crippen molar-refractivity contribution in [3.05, 3.63) is 71.9 Å². The van der Waals surface area contributed by atoms with Gasteiger partial charge in [0.15, 0.2) is 0 Å². The molecular weight excluding hydrogens is 330 g/mol. The van der Waals surface area contributed by atoms with Crippen LogP contribution in [0.4, 0.5) is 11.5 Å². The van der Waals surface area contributed by atoms with Crippen molar-refractivity contribution in [2.75, 3.05) is 12.4 Å². The summed E-state index contributed by atoms with van der Waals surface area (Å²) < 4.78 is 5.32. The zero-order chi connectivity index (χ0) is 18.4. The number of aromatic nitrogens is 3. The standard InChI is InChI=1S/C19H19N5O2/c1-13-22-16(19(25)21-12-14-7-9-20-10-8-14)11-18(23-13)24-15-5-3-4-6-17(15)26-2/h3-11H,12H2,1-2H3,(H,21,25)(H,22,23,24). The zero-order valence-electron chi connectivity index (χ0n) is 14.6. The molecule has 1 aromatic carbocycles. The minimum atomic E-state index is -0.268. The Hall–Kier alpha value is -3.48. The molecule has 0 unspecified atom stereocenters. The molecule has 0 saturated carbocycles. The predicted octanol–water partition coefficient (Wildman–Crippen LogP) is 2.86. The minimum Gasteiger partial charge on any atom is -0.495 e. The van der Waals surface area contributed by atoms with E-state index in [0.717, 1.165) is 11.3 Å². The Balaban J connectivity index is 1.75. The van der Waals surface area contributed by atoms with Crippen molar-refractivity contribution in [3.63, 3.8) is 0 Å². The van der Waals surface area contributed by atoms with Gasteiger partial charge >= 0.3 is 0 Å². The Bertz CT molecular complexity index is 899. The molecule has 26 heavy (non-hydrogen) atoms. The lowest BCUT2D eigenvalue weighted by atomic mass is 10.2. The van der Waals surface area contributed by atoms with Crippen LogP contribution in [-0.4, -0.2) is 28.0 Å². The van der Waals surface area contributed by atoms with Gasteiger partial charge in [-0.1, -0.05) is 12.1 Å². The summed E-state index contributed by atoms with van der Waals surface area (Å²) in [6.45, 7) is 2.15. The third-order valence-corrected chi connectivity index (χ3v) is 3.64. The van der Waals surface area contributed by atoms with Gasteiger partial charge in [-0.25, -0.2) is 9.97 Å². The van der Waals surface area contributed by atoms with Crippen molar-refractivity contribution >= 4 is 17.4 Å². The van der Waals surface area contributed by atoms with Gasteiger partial charge in [-0.15, -0.1) is 0 Å². The van der Waals surface area contributed by atoms with E-state index < -0.39 is 0 Å². The minimum absolute atomic E-state index is 0.268. The highest BCUT2D eigenvalue weighted by Crippen LogP contribution is 2.26. The fourth-order valence-corrected chi connectivity index (χ4v) is 2.41. The van der Waals surface area contributed by atoms with Crippen molar-refractivity contribution in [1.29, 1.82) is 0 Å². The third kappa shape index (κ3) is 4.32. The average Bonchev–Trinajstić information content (AvgIpc) is 2.67. The fourth-order valence-electron chi connectivity index (χ4n) is 2.41. The second-order valence-corrected chi connectivity index (χ2v) is 5.55. The first-order valence-electron chi connectivity index (χ1n) is 8.08. The number of aryl methyl sites for hydroxylation is 1. The second kappa shape index (κ2) is 8.06. The van der Waals surface area contributed by atoms with E-state index in [2.05, 4.69) is 25.6 Å². The maximum absolute atomic E-state index is 12.4. The maximum atomic E-state index is 12.4. The topological polar surface area (TPSA) is 89.0 Å². The molecular formula is C19H19N5O2. The van der Waals surface area contributed by atoms with E-state index in [0.29, 0.717) is 29.6 Å². The lowest BCUT2D eigenvalue weighted by molar-refractivity contribution is 0.0945. The van der Waals surface area contributed by atoms with Gasteiger partial charge in [-0.3, -0.25) is 9.78 Å².